The summed E-state index contributed by atoms with van der Waals surface area (Å²) in [7, 11) is 0. The number of hydrazone groups is 1. The summed E-state index contributed by atoms with van der Waals surface area (Å²) in [5.74, 6) is -0.511. The van der Waals surface area contributed by atoms with Crippen LogP contribution in [-0.2, 0) is 19.4 Å². The van der Waals surface area contributed by atoms with Crippen LogP contribution in [0.2, 0.25) is 0 Å². The molecule has 39 heavy (non-hydrogen) atoms. The van der Waals surface area contributed by atoms with Crippen LogP contribution in [0, 0.1) is 13.8 Å². The quantitative estimate of drug-likeness (QED) is 0.164. The van der Waals surface area contributed by atoms with Gasteiger partial charge in [-0.2, -0.15) is 5.10 Å². The van der Waals surface area contributed by atoms with Crippen LogP contribution in [-0.4, -0.2) is 49.1 Å². The van der Waals surface area contributed by atoms with Crippen molar-refractivity contribution in [3.8, 4) is 0 Å². The number of hydrogen-bond donors (Lipinski definition) is 3. The lowest BCUT2D eigenvalue weighted by molar-refractivity contribution is 0.0955. The smallest absolute Gasteiger partial charge is 0.274 e. The number of nitrogens with zero attached hydrogens (tertiary/aromatic N) is 2. The Kier molecular flexibility index (Phi) is 10.0. The highest BCUT2D eigenvalue weighted by atomic mass is 32.1. The Bertz CT molecular complexity index is 1340. The van der Waals surface area contributed by atoms with E-state index in [0.717, 1.165) is 62.1 Å². The van der Waals surface area contributed by atoms with Crippen molar-refractivity contribution in [1.82, 2.24) is 15.6 Å². The zero-order valence-electron chi connectivity index (χ0n) is 23.4. The van der Waals surface area contributed by atoms with Crippen molar-refractivity contribution < 1.29 is 9.59 Å². The van der Waals surface area contributed by atoms with Crippen LogP contribution in [0.25, 0.3) is 0 Å². The summed E-state index contributed by atoms with van der Waals surface area (Å²) in [6.07, 6.45) is 4.43. The van der Waals surface area contributed by atoms with E-state index >= 15 is 0 Å². The molecule has 0 saturated heterocycles. The first kappa shape index (κ1) is 28.7. The molecule has 1 aliphatic rings. The number of thiophene rings is 1. The number of carbonyl (C=O) groups is 2. The standard InChI is InChI=1S/C31H39N5O2S/c1-5-36(6-2)16-15-32-19-23-9-7-10-25(18-23)29(37)34-31-28(26-11-8-12-27(26)39-31)30(38)35-33-20-24-14-13-21(3)22(4)17-24/h7,9-10,13-14,17-18,20,32H,5-6,8,11-12,15-16,19H2,1-4H3,(H,34,37)(H,35,38)/b33-20+. The van der Waals surface area contributed by atoms with Crippen molar-refractivity contribution in [2.45, 2.75) is 53.5 Å². The fraction of sp³-hybridized carbons (Fsp3) is 0.387. The van der Waals surface area contributed by atoms with Gasteiger partial charge in [0.15, 0.2) is 0 Å². The summed E-state index contributed by atoms with van der Waals surface area (Å²) in [5, 5.41) is 11.3. The normalized spacial score (nSPS) is 12.7. The van der Waals surface area contributed by atoms with Crippen molar-refractivity contribution in [2.75, 3.05) is 31.5 Å². The van der Waals surface area contributed by atoms with E-state index in [-0.39, 0.29) is 11.8 Å². The van der Waals surface area contributed by atoms with Gasteiger partial charge < -0.3 is 15.5 Å². The lowest BCUT2D eigenvalue weighted by Crippen LogP contribution is -2.31. The van der Waals surface area contributed by atoms with Crippen LogP contribution in [0.5, 0.6) is 0 Å². The van der Waals surface area contributed by atoms with E-state index in [1.54, 1.807) is 6.21 Å². The van der Waals surface area contributed by atoms with Gasteiger partial charge in [-0.15, -0.1) is 11.3 Å². The molecule has 0 bridgehead atoms. The van der Waals surface area contributed by atoms with Gasteiger partial charge in [-0.25, -0.2) is 5.43 Å². The van der Waals surface area contributed by atoms with Crippen molar-refractivity contribution in [3.63, 3.8) is 0 Å². The molecule has 2 aromatic carbocycles. The third kappa shape index (κ3) is 7.41. The molecule has 0 aliphatic heterocycles. The first-order valence-corrected chi connectivity index (χ1v) is 14.6. The summed E-state index contributed by atoms with van der Waals surface area (Å²) >= 11 is 1.50. The predicted octanol–water partition coefficient (Wildman–Crippen LogP) is 5.30. The van der Waals surface area contributed by atoms with Crippen LogP contribution in [0.3, 0.4) is 0 Å². The zero-order chi connectivity index (χ0) is 27.8. The Hall–Kier alpha value is -3.33. The number of anilines is 1. The van der Waals surface area contributed by atoms with Crippen molar-refractivity contribution in [1.29, 1.82) is 0 Å². The van der Waals surface area contributed by atoms with E-state index in [1.165, 1.54) is 27.3 Å². The molecule has 0 atom stereocenters. The van der Waals surface area contributed by atoms with Crippen LogP contribution in [0.15, 0.2) is 47.6 Å². The molecule has 0 spiro atoms. The molecular formula is C31H39N5O2S. The average molecular weight is 546 g/mol. The third-order valence-corrected chi connectivity index (χ3v) is 8.51. The van der Waals surface area contributed by atoms with E-state index < -0.39 is 0 Å². The molecular weight excluding hydrogens is 506 g/mol. The molecule has 8 heteroatoms. The number of hydrogen-bond acceptors (Lipinski definition) is 6. The van der Waals surface area contributed by atoms with E-state index in [2.05, 4.69) is 53.8 Å². The van der Waals surface area contributed by atoms with Gasteiger partial charge in [0.1, 0.15) is 5.00 Å². The number of rotatable bonds is 12. The van der Waals surface area contributed by atoms with Gasteiger partial charge in [-0.3, -0.25) is 9.59 Å². The second-order valence-electron chi connectivity index (χ2n) is 9.96. The van der Waals surface area contributed by atoms with Crippen LogP contribution < -0.4 is 16.1 Å². The summed E-state index contributed by atoms with van der Waals surface area (Å²) in [6, 6.07) is 13.7. The molecule has 1 heterocycles. The Morgan fingerprint density at radius 1 is 1.03 bits per heavy atom. The van der Waals surface area contributed by atoms with Gasteiger partial charge in [0.25, 0.3) is 11.8 Å². The average Bonchev–Trinajstić information content (AvgIpc) is 3.52. The van der Waals surface area contributed by atoms with E-state index in [0.29, 0.717) is 22.7 Å². The van der Waals surface area contributed by atoms with Gasteiger partial charge in [0, 0.05) is 30.1 Å². The van der Waals surface area contributed by atoms with Gasteiger partial charge in [-0.1, -0.05) is 44.2 Å². The fourth-order valence-electron chi connectivity index (χ4n) is 4.81. The van der Waals surface area contributed by atoms with Gasteiger partial charge in [-0.05, 0) is 86.1 Å². The third-order valence-electron chi connectivity index (χ3n) is 7.30. The second kappa shape index (κ2) is 13.6. The van der Waals surface area contributed by atoms with E-state index in [4.69, 9.17) is 0 Å². The first-order chi connectivity index (χ1) is 18.9. The Balaban J connectivity index is 1.42. The molecule has 2 amide bonds. The molecule has 4 rings (SSSR count). The highest BCUT2D eigenvalue weighted by molar-refractivity contribution is 7.17. The number of fused-ring (bicyclic) bond motifs is 1. The maximum absolute atomic E-state index is 13.2. The number of carbonyl (C=O) groups excluding carboxylic acids is 2. The first-order valence-electron chi connectivity index (χ1n) is 13.8. The number of aryl methyl sites for hydroxylation is 3. The maximum Gasteiger partial charge on any atom is 0.274 e. The summed E-state index contributed by atoms with van der Waals surface area (Å²) < 4.78 is 0. The van der Waals surface area contributed by atoms with Crippen LogP contribution >= 0.6 is 11.3 Å². The molecule has 7 nitrogen and oxygen atoms in total. The highest BCUT2D eigenvalue weighted by Gasteiger charge is 2.27. The van der Waals surface area contributed by atoms with Crippen molar-refractivity contribution in [3.05, 3.63) is 86.3 Å². The molecule has 0 radical (unpaired) electrons. The van der Waals surface area contributed by atoms with E-state index in [1.807, 2.05) is 42.5 Å². The molecule has 1 aromatic heterocycles. The molecule has 3 N–H and O–H groups in total. The van der Waals surface area contributed by atoms with Crippen LogP contribution in [0.1, 0.15) is 73.7 Å². The van der Waals surface area contributed by atoms with Crippen LogP contribution in [0.4, 0.5) is 5.00 Å². The minimum atomic E-state index is -0.295. The predicted molar refractivity (Wildman–Crippen MR) is 161 cm³/mol. The summed E-state index contributed by atoms with van der Waals surface area (Å²) in [5.41, 5.74) is 9.17. The Labute approximate surface area is 235 Å². The number of nitrogens with one attached hydrogen (secondary N) is 3. The lowest BCUT2D eigenvalue weighted by atomic mass is 10.1. The minimum Gasteiger partial charge on any atom is -0.313 e. The lowest BCUT2D eigenvalue weighted by Gasteiger charge is -2.18. The van der Waals surface area contributed by atoms with Gasteiger partial charge in [0.2, 0.25) is 0 Å². The number of likely N-dealkylation sites (N-methyl/N-ethyl adjacent to an activating group) is 1. The molecule has 0 saturated carbocycles. The summed E-state index contributed by atoms with van der Waals surface area (Å²) in [6.45, 7) is 13.1. The number of amides is 2. The number of benzene rings is 2. The van der Waals surface area contributed by atoms with Gasteiger partial charge >= 0.3 is 0 Å². The molecule has 0 unspecified atom stereocenters. The minimum absolute atomic E-state index is 0.215. The summed E-state index contributed by atoms with van der Waals surface area (Å²) in [4.78, 5) is 30.0. The van der Waals surface area contributed by atoms with Crippen molar-refractivity contribution >= 4 is 34.4 Å². The zero-order valence-corrected chi connectivity index (χ0v) is 24.2. The molecule has 0 fully saturated rings. The van der Waals surface area contributed by atoms with Crippen molar-refractivity contribution in [2.24, 2.45) is 5.10 Å². The fourth-order valence-corrected chi connectivity index (χ4v) is 6.09. The Morgan fingerprint density at radius 2 is 1.85 bits per heavy atom. The molecule has 3 aromatic rings. The monoisotopic (exact) mass is 545 g/mol. The topological polar surface area (TPSA) is 85.8 Å². The molecule has 206 valence electrons. The highest BCUT2D eigenvalue weighted by Crippen LogP contribution is 2.39. The Morgan fingerprint density at radius 3 is 2.62 bits per heavy atom. The maximum atomic E-state index is 13.2. The van der Waals surface area contributed by atoms with E-state index in [9.17, 15) is 9.59 Å². The second-order valence-corrected chi connectivity index (χ2v) is 11.1. The SMILES string of the molecule is CCN(CC)CCNCc1cccc(C(=O)Nc2sc3c(c2C(=O)N/N=C/c2ccc(C)c(C)c2)CCC3)c1. The van der Waals surface area contributed by atoms with Gasteiger partial charge in [0.05, 0.1) is 11.8 Å². The largest absolute Gasteiger partial charge is 0.313 e. The molecule has 1 aliphatic carbocycles.